The fraction of sp³-hybridized carbons (Fsp3) is 0.350. The number of hydrogen-bond acceptors (Lipinski definition) is 2. The minimum atomic E-state index is -0.381. The Bertz CT molecular complexity index is 737. The van der Waals surface area contributed by atoms with Gasteiger partial charge in [0.1, 0.15) is 6.54 Å². The van der Waals surface area contributed by atoms with E-state index in [0.29, 0.717) is 13.1 Å². The molecule has 2 atom stereocenters. The van der Waals surface area contributed by atoms with Gasteiger partial charge >= 0.3 is 0 Å². The minimum absolute atomic E-state index is 0.0220. The second kappa shape index (κ2) is 9.69. The van der Waals surface area contributed by atoms with Crippen molar-refractivity contribution >= 4 is 21.8 Å². The molecular formula is C20H25BrFN2O2+. The van der Waals surface area contributed by atoms with Gasteiger partial charge in [0.25, 0.3) is 5.91 Å². The molecule has 0 aliphatic carbocycles. The molecule has 0 aromatic heterocycles. The molecule has 1 amide bonds. The van der Waals surface area contributed by atoms with Crippen LogP contribution in [0.3, 0.4) is 0 Å². The lowest BCUT2D eigenvalue weighted by molar-refractivity contribution is -0.904. The summed E-state index contributed by atoms with van der Waals surface area (Å²) in [6, 6.07) is 12.7. The number of methoxy groups -OCH3 is 1. The predicted molar refractivity (Wildman–Crippen MR) is 104 cm³/mol. The molecule has 140 valence electrons. The summed E-state index contributed by atoms with van der Waals surface area (Å²) in [6.45, 7) is 5.67. The zero-order chi connectivity index (χ0) is 19.1. The van der Waals surface area contributed by atoms with E-state index in [1.54, 1.807) is 6.07 Å². The van der Waals surface area contributed by atoms with E-state index < -0.39 is 0 Å². The third-order valence-corrected chi connectivity index (χ3v) is 4.86. The number of hydrogen-bond donors (Lipinski definition) is 2. The van der Waals surface area contributed by atoms with Crippen molar-refractivity contribution in [1.29, 1.82) is 0 Å². The maximum Gasteiger partial charge on any atom is 0.275 e. The lowest BCUT2D eigenvalue weighted by Crippen LogP contribution is -3.11. The van der Waals surface area contributed by atoms with Gasteiger partial charge in [-0.1, -0.05) is 28.1 Å². The summed E-state index contributed by atoms with van der Waals surface area (Å²) in [5.74, 6) is -0.173. The molecule has 4 nitrogen and oxygen atoms in total. The van der Waals surface area contributed by atoms with Crippen molar-refractivity contribution in [1.82, 2.24) is 5.32 Å². The van der Waals surface area contributed by atoms with Crippen LogP contribution in [0, 0.1) is 5.82 Å². The van der Waals surface area contributed by atoms with Crippen LogP contribution in [0.5, 0.6) is 5.75 Å². The normalized spacial score (nSPS) is 13.1. The molecule has 0 saturated carbocycles. The Morgan fingerprint density at radius 2 is 1.96 bits per heavy atom. The predicted octanol–water partition coefficient (Wildman–Crippen LogP) is 2.88. The van der Waals surface area contributed by atoms with Crippen molar-refractivity contribution in [3.05, 3.63) is 63.9 Å². The quantitative estimate of drug-likeness (QED) is 0.685. The number of amides is 1. The lowest BCUT2D eigenvalue weighted by Gasteiger charge is -2.20. The van der Waals surface area contributed by atoms with Crippen molar-refractivity contribution in [2.45, 2.75) is 26.4 Å². The number of benzene rings is 2. The van der Waals surface area contributed by atoms with Crippen LogP contribution >= 0.6 is 15.9 Å². The fourth-order valence-electron chi connectivity index (χ4n) is 2.78. The maximum absolute atomic E-state index is 13.8. The number of rotatable bonds is 8. The van der Waals surface area contributed by atoms with Crippen molar-refractivity contribution in [3.8, 4) is 5.75 Å². The molecule has 6 heteroatoms. The maximum atomic E-state index is 13.8. The molecule has 0 radical (unpaired) electrons. The van der Waals surface area contributed by atoms with Gasteiger partial charge in [-0.15, -0.1) is 0 Å². The summed E-state index contributed by atoms with van der Waals surface area (Å²) in [4.78, 5) is 13.5. The molecule has 0 bridgehead atoms. The Labute approximate surface area is 162 Å². The van der Waals surface area contributed by atoms with E-state index in [4.69, 9.17) is 4.74 Å². The third kappa shape index (κ3) is 5.81. The van der Waals surface area contributed by atoms with E-state index in [1.807, 2.05) is 44.2 Å². The molecule has 26 heavy (non-hydrogen) atoms. The van der Waals surface area contributed by atoms with Crippen LogP contribution in [-0.2, 0) is 11.3 Å². The Morgan fingerprint density at radius 1 is 1.27 bits per heavy atom. The van der Waals surface area contributed by atoms with Gasteiger partial charge in [0, 0.05) is 10.0 Å². The summed E-state index contributed by atoms with van der Waals surface area (Å²) >= 11 is 3.41. The SMILES string of the molecule is CC[NH+](CC(=O)N[C@H](C)c1ccc(Br)cc1)Cc1ccc(OC)c(F)c1. The van der Waals surface area contributed by atoms with E-state index in [2.05, 4.69) is 21.2 Å². The largest absolute Gasteiger partial charge is 0.494 e. The zero-order valence-corrected chi connectivity index (χ0v) is 16.9. The first kappa shape index (κ1) is 20.4. The van der Waals surface area contributed by atoms with E-state index in [1.165, 1.54) is 13.2 Å². The van der Waals surface area contributed by atoms with Crippen molar-refractivity contribution in [2.75, 3.05) is 20.2 Å². The first-order valence-corrected chi connectivity index (χ1v) is 9.43. The van der Waals surface area contributed by atoms with Crippen molar-refractivity contribution in [3.63, 3.8) is 0 Å². The van der Waals surface area contributed by atoms with Gasteiger partial charge in [-0.3, -0.25) is 4.79 Å². The highest BCUT2D eigenvalue weighted by atomic mass is 79.9. The van der Waals surface area contributed by atoms with Crippen LogP contribution < -0.4 is 15.0 Å². The third-order valence-electron chi connectivity index (χ3n) is 4.33. The molecular weight excluding hydrogens is 399 g/mol. The highest BCUT2D eigenvalue weighted by Gasteiger charge is 2.17. The molecule has 0 spiro atoms. The Hall–Kier alpha value is -1.92. The molecule has 2 aromatic carbocycles. The Balaban J connectivity index is 1.93. The number of ether oxygens (including phenoxy) is 1. The first-order chi connectivity index (χ1) is 12.4. The summed E-state index contributed by atoms with van der Waals surface area (Å²) in [7, 11) is 1.44. The van der Waals surface area contributed by atoms with Gasteiger partial charge in [-0.05, 0) is 49.7 Å². The second-order valence-electron chi connectivity index (χ2n) is 6.27. The molecule has 0 aliphatic rings. The van der Waals surface area contributed by atoms with Gasteiger partial charge in [0.05, 0.1) is 19.7 Å². The highest BCUT2D eigenvalue weighted by Crippen LogP contribution is 2.17. The number of quaternary nitrogens is 1. The van der Waals surface area contributed by atoms with Gasteiger partial charge in [0.15, 0.2) is 18.1 Å². The van der Waals surface area contributed by atoms with E-state index in [-0.39, 0.29) is 23.5 Å². The fourth-order valence-corrected chi connectivity index (χ4v) is 3.04. The Kier molecular flexibility index (Phi) is 7.60. The average Bonchev–Trinajstić information content (AvgIpc) is 2.61. The Morgan fingerprint density at radius 3 is 2.54 bits per heavy atom. The highest BCUT2D eigenvalue weighted by molar-refractivity contribution is 9.10. The number of carbonyl (C=O) groups is 1. The van der Waals surface area contributed by atoms with E-state index in [0.717, 1.165) is 27.0 Å². The smallest absolute Gasteiger partial charge is 0.275 e. The van der Waals surface area contributed by atoms with E-state index in [9.17, 15) is 9.18 Å². The molecule has 2 aromatic rings. The molecule has 0 aliphatic heterocycles. The monoisotopic (exact) mass is 423 g/mol. The summed E-state index contributed by atoms with van der Waals surface area (Å²) in [5, 5.41) is 3.03. The van der Waals surface area contributed by atoms with Crippen LogP contribution in [0.15, 0.2) is 46.9 Å². The van der Waals surface area contributed by atoms with Gasteiger partial charge in [0.2, 0.25) is 0 Å². The van der Waals surface area contributed by atoms with Gasteiger partial charge in [-0.2, -0.15) is 0 Å². The van der Waals surface area contributed by atoms with Gasteiger partial charge < -0.3 is 15.0 Å². The summed E-state index contributed by atoms with van der Waals surface area (Å²) < 4.78 is 19.8. The number of nitrogens with one attached hydrogen (secondary N) is 2. The molecule has 2 rings (SSSR count). The number of carbonyl (C=O) groups excluding carboxylic acids is 1. The lowest BCUT2D eigenvalue weighted by atomic mass is 10.1. The van der Waals surface area contributed by atoms with Crippen LogP contribution in [0.4, 0.5) is 4.39 Å². The average molecular weight is 424 g/mol. The molecule has 0 heterocycles. The van der Waals surface area contributed by atoms with Crippen LogP contribution in [-0.4, -0.2) is 26.1 Å². The standard InChI is InChI=1S/C20H24BrFN2O2/c1-4-24(12-15-5-10-19(26-3)18(22)11-15)13-20(25)23-14(2)16-6-8-17(21)9-7-16/h5-11,14H,4,12-13H2,1-3H3,(H,23,25)/p+1/t14-/m1/s1. The topological polar surface area (TPSA) is 42.8 Å². The van der Waals surface area contributed by atoms with E-state index >= 15 is 0 Å². The summed E-state index contributed by atoms with van der Waals surface area (Å²) in [5.41, 5.74) is 1.89. The van der Waals surface area contributed by atoms with Crippen LogP contribution in [0.25, 0.3) is 0 Å². The second-order valence-corrected chi connectivity index (χ2v) is 7.18. The first-order valence-electron chi connectivity index (χ1n) is 8.63. The molecule has 2 N–H and O–H groups in total. The van der Waals surface area contributed by atoms with Gasteiger partial charge in [-0.25, -0.2) is 4.39 Å². The summed E-state index contributed by atoms with van der Waals surface area (Å²) in [6.07, 6.45) is 0. The minimum Gasteiger partial charge on any atom is -0.494 e. The van der Waals surface area contributed by atoms with Crippen molar-refractivity contribution < 1.29 is 18.8 Å². The molecule has 0 saturated heterocycles. The molecule has 0 fully saturated rings. The zero-order valence-electron chi connectivity index (χ0n) is 15.3. The van der Waals surface area contributed by atoms with Crippen LogP contribution in [0.2, 0.25) is 0 Å². The van der Waals surface area contributed by atoms with Crippen molar-refractivity contribution in [2.24, 2.45) is 0 Å². The molecule has 1 unspecified atom stereocenters. The number of halogens is 2. The number of likely N-dealkylation sites (N-methyl/N-ethyl adjacent to an activating group) is 1. The van der Waals surface area contributed by atoms with Crippen LogP contribution in [0.1, 0.15) is 31.0 Å².